The van der Waals surface area contributed by atoms with Crippen molar-refractivity contribution in [2.24, 2.45) is 17.8 Å². The molecule has 5 aliphatic rings. The van der Waals surface area contributed by atoms with Gasteiger partial charge in [0, 0.05) is 47.3 Å². The molecule has 4 fully saturated rings. The number of H-pyrrole nitrogens is 2. The number of carbonyl (C=O) groups excluding carboxylic acids is 4. The van der Waals surface area contributed by atoms with E-state index in [0.717, 1.165) is 51.3 Å². The number of aromatic amines is 2. The van der Waals surface area contributed by atoms with E-state index in [1.807, 2.05) is 67.6 Å². The maximum Gasteiger partial charge on any atom is 0.407 e. The Morgan fingerprint density at radius 1 is 0.880 bits per heavy atom. The Morgan fingerprint density at radius 2 is 1.60 bits per heavy atom. The third kappa shape index (κ3) is 9.31. The first-order valence-electron chi connectivity index (χ1n) is 26.0. The van der Waals surface area contributed by atoms with Gasteiger partial charge in [-0.15, -0.1) is 11.3 Å². The number of thiazole rings is 1. The van der Waals surface area contributed by atoms with E-state index in [9.17, 15) is 19.2 Å². The van der Waals surface area contributed by atoms with E-state index in [2.05, 4.69) is 47.4 Å². The SMILES string of the molecule is COC(=O)NC(C(=O)N1[C@@H]2C[C@@H]2C[C@H]1c1ncc(-c2ccc3c(c2)cc2n3C(c3cnc(C(C)(C)C)s3)Oc3cc(-c4cnc([C@@H]5CCCN5C(=O)[C@@H](NC(=O)OC)C(C)C)[nH]4)cc(F)c3-2)[nH]1)C1CCOC(C)(C)C1. The molecule has 3 saturated heterocycles. The van der Waals surface area contributed by atoms with Crippen LogP contribution in [0.25, 0.3) is 44.7 Å². The van der Waals surface area contributed by atoms with Gasteiger partial charge in [0.25, 0.3) is 0 Å². The molecule has 1 saturated carbocycles. The highest BCUT2D eigenvalue weighted by atomic mass is 32.1. The molecule has 4 aliphatic heterocycles. The van der Waals surface area contributed by atoms with E-state index in [4.69, 9.17) is 33.9 Å². The summed E-state index contributed by atoms with van der Waals surface area (Å²) < 4.78 is 41.8. The van der Waals surface area contributed by atoms with E-state index in [1.54, 1.807) is 28.6 Å². The second-order valence-electron chi connectivity index (χ2n) is 22.7. The largest absolute Gasteiger partial charge is 0.464 e. The van der Waals surface area contributed by atoms with Crippen molar-refractivity contribution in [2.45, 2.75) is 134 Å². The number of nitrogens with one attached hydrogen (secondary N) is 4. The molecule has 1 aliphatic carbocycles. The van der Waals surface area contributed by atoms with Gasteiger partial charge in [-0.3, -0.25) is 14.2 Å². The van der Waals surface area contributed by atoms with Gasteiger partial charge in [0.1, 0.15) is 35.3 Å². The van der Waals surface area contributed by atoms with Crippen molar-refractivity contribution in [3.8, 4) is 39.5 Å². The minimum Gasteiger partial charge on any atom is -0.464 e. The van der Waals surface area contributed by atoms with Gasteiger partial charge in [-0.2, -0.15) is 0 Å². The molecule has 3 unspecified atom stereocenters. The van der Waals surface area contributed by atoms with Crippen LogP contribution in [0.4, 0.5) is 14.0 Å². The fourth-order valence-corrected chi connectivity index (χ4v) is 12.8. The van der Waals surface area contributed by atoms with E-state index in [0.29, 0.717) is 78.2 Å². The Morgan fingerprint density at radius 3 is 2.29 bits per heavy atom. The number of methoxy groups -OCH3 is 2. The summed E-state index contributed by atoms with van der Waals surface area (Å²) >= 11 is 1.56. The first-order chi connectivity index (χ1) is 35.8. The van der Waals surface area contributed by atoms with Crippen LogP contribution in [0.15, 0.2) is 55.0 Å². The van der Waals surface area contributed by atoms with Crippen molar-refractivity contribution in [2.75, 3.05) is 27.4 Å². The lowest BCUT2D eigenvalue weighted by Crippen LogP contribution is -2.55. The Kier molecular flexibility index (Phi) is 12.8. The van der Waals surface area contributed by atoms with E-state index in [-0.39, 0.29) is 47.2 Å². The molecule has 4 amide bonds. The quantitative estimate of drug-likeness (QED) is 0.0960. The third-order valence-corrected chi connectivity index (χ3v) is 17.1. The fourth-order valence-electron chi connectivity index (χ4n) is 11.8. The number of piperidine rings is 1. The molecule has 4 N–H and O–H groups in total. The van der Waals surface area contributed by atoms with Gasteiger partial charge in [0.15, 0.2) is 0 Å². The lowest BCUT2D eigenvalue weighted by Gasteiger charge is -2.40. The van der Waals surface area contributed by atoms with E-state index < -0.39 is 41.9 Å². The monoisotopic (exact) mass is 1040 g/mol. The Hall–Kier alpha value is -6.80. The number of amides is 4. The summed E-state index contributed by atoms with van der Waals surface area (Å²) in [5.74, 6) is 0.808. The van der Waals surface area contributed by atoms with Crippen molar-refractivity contribution in [1.82, 2.24) is 49.9 Å². The van der Waals surface area contributed by atoms with Gasteiger partial charge in [-0.1, -0.05) is 40.7 Å². The van der Waals surface area contributed by atoms with Crippen LogP contribution in [-0.2, 0) is 29.2 Å². The van der Waals surface area contributed by atoms with Crippen molar-refractivity contribution in [3.63, 3.8) is 0 Å². The summed E-state index contributed by atoms with van der Waals surface area (Å²) in [4.78, 5) is 79.3. The average molecular weight is 1050 g/mol. The highest BCUT2D eigenvalue weighted by molar-refractivity contribution is 7.11. The summed E-state index contributed by atoms with van der Waals surface area (Å²) in [6.07, 6.45) is 7.65. The van der Waals surface area contributed by atoms with Crippen LogP contribution in [-0.4, -0.2) is 114 Å². The normalized spacial score (nSPS) is 23.5. The molecule has 8 atom stereocenters. The molecular weight excluding hydrogens is 980 g/mol. The van der Waals surface area contributed by atoms with Gasteiger partial charge in [0.2, 0.25) is 18.0 Å². The van der Waals surface area contributed by atoms with Gasteiger partial charge in [-0.05, 0) is 100 Å². The summed E-state index contributed by atoms with van der Waals surface area (Å²) in [6, 6.07) is 9.25. The van der Waals surface area contributed by atoms with Crippen LogP contribution in [0.2, 0.25) is 0 Å². The first kappa shape index (κ1) is 50.4. The fraction of sp³-hybridized carbons (Fsp3) is 0.509. The molecule has 18 nitrogen and oxygen atoms in total. The van der Waals surface area contributed by atoms with Crippen LogP contribution in [0.1, 0.15) is 127 Å². The van der Waals surface area contributed by atoms with Crippen LogP contribution < -0.4 is 15.4 Å². The minimum atomic E-state index is -0.780. The second-order valence-corrected chi connectivity index (χ2v) is 23.8. The van der Waals surface area contributed by atoms with Crippen LogP contribution in [0.3, 0.4) is 0 Å². The molecule has 6 aromatic rings. The number of rotatable bonds is 11. The summed E-state index contributed by atoms with van der Waals surface area (Å²) in [5, 5.41) is 7.38. The molecule has 396 valence electrons. The van der Waals surface area contributed by atoms with Crippen molar-refractivity contribution < 1.29 is 42.5 Å². The summed E-state index contributed by atoms with van der Waals surface area (Å²) in [7, 11) is 2.58. The summed E-state index contributed by atoms with van der Waals surface area (Å²) in [6.45, 7) is 15.1. The number of aromatic nitrogens is 6. The number of hydrogen-bond acceptors (Lipinski definition) is 12. The van der Waals surface area contributed by atoms with Gasteiger partial charge < -0.3 is 49.3 Å². The van der Waals surface area contributed by atoms with Crippen LogP contribution in [0.5, 0.6) is 5.75 Å². The lowest BCUT2D eigenvalue weighted by molar-refractivity contribution is -0.140. The van der Waals surface area contributed by atoms with E-state index >= 15 is 4.39 Å². The number of ether oxygens (including phenoxy) is 4. The van der Waals surface area contributed by atoms with Crippen LogP contribution in [0, 0.1) is 23.6 Å². The van der Waals surface area contributed by atoms with Crippen molar-refractivity contribution >= 4 is 46.2 Å². The first-order valence-corrected chi connectivity index (χ1v) is 26.8. The number of likely N-dealkylation sites (tertiary alicyclic amines) is 2. The molecule has 0 radical (unpaired) electrons. The zero-order valence-electron chi connectivity index (χ0n) is 43.8. The number of fused-ring (bicyclic) bond motifs is 6. The molecular formula is C55H65FN10O8S. The highest BCUT2D eigenvalue weighted by Gasteiger charge is 2.57. The Bertz CT molecular complexity index is 3210. The Labute approximate surface area is 438 Å². The Balaban J connectivity index is 0.906. The van der Waals surface area contributed by atoms with Crippen molar-refractivity contribution in [1.29, 1.82) is 0 Å². The van der Waals surface area contributed by atoms with E-state index in [1.165, 1.54) is 20.3 Å². The number of halogens is 1. The predicted octanol–water partition coefficient (Wildman–Crippen LogP) is 9.56. The maximum atomic E-state index is 17.1. The van der Waals surface area contributed by atoms with Crippen molar-refractivity contribution in [3.05, 3.63) is 82.3 Å². The zero-order chi connectivity index (χ0) is 52.8. The lowest BCUT2D eigenvalue weighted by atomic mass is 9.82. The van der Waals surface area contributed by atoms with Gasteiger partial charge >= 0.3 is 12.2 Å². The highest BCUT2D eigenvalue weighted by Crippen LogP contribution is 2.54. The molecule has 4 aromatic heterocycles. The van der Waals surface area contributed by atoms with Gasteiger partial charge in [-0.25, -0.2) is 28.9 Å². The van der Waals surface area contributed by atoms with Gasteiger partial charge in [0.05, 0.1) is 82.3 Å². The number of benzene rings is 2. The summed E-state index contributed by atoms with van der Waals surface area (Å²) in [5.41, 5.74) is 3.85. The number of alkyl carbamates (subject to hydrolysis) is 2. The topological polar surface area (TPSA) is 211 Å². The molecule has 2 aromatic carbocycles. The maximum absolute atomic E-state index is 17.1. The standard InChI is InChI=1S/C55H65FN10O8S/c1-27(2)44(62-52(69)71-8)48(67)64-15-10-11-37(64)46-57-25-35(61-46)30-18-33(56)43-39-20-31-17-28(12-13-36(31)66(39)50(74-41(43)22-30)42-26-59-51(75-42)54(3,4)5)34-24-58-47(60-34)40-21-32-19-38(32)65(40)49(68)45(63-53(70)72-9)29-14-16-73-55(6,7)23-29/h12-13,17-18,20,22,24-27,29,32,37-38,40,44-45,50H,10-11,14-16,19,21,23H2,1-9H3,(H,57,61)(H,58,60)(H,62,69)(H,63,70)/t29?,32-,37+,38-,40+,44+,45?,50?/m1/s1. The number of carbonyl (C=O) groups is 4. The number of imidazole rings is 2. The number of hydrogen-bond donors (Lipinski definition) is 4. The molecule has 20 heteroatoms. The smallest absolute Gasteiger partial charge is 0.407 e. The molecule has 0 spiro atoms. The zero-order valence-corrected chi connectivity index (χ0v) is 44.6. The predicted molar refractivity (Wildman–Crippen MR) is 278 cm³/mol. The minimum absolute atomic E-state index is 0.0707. The average Bonchev–Trinajstić information content (AvgIpc) is 4.18. The third-order valence-electron chi connectivity index (χ3n) is 15.7. The molecule has 75 heavy (non-hydrogen) atoms. The molecule has 11 rings (SSSR count). The van der Waals surface area contributed by atoms with Crippen LogP contribution >= 0.6 is 11.3 Å². The number of nitrogens with zero attached hydrogens (tertiary/aromatic N) is 6. The second kappa shape index (κ2) is 19.1. The molecule has 8 heterocycles. The molecule has 0 bridgehead atoms.